The molecule has 0 spiro atoms. The summed E-state index contributed by atoms with van der Waals surface area (Å²) >= 11 is 0. The van der Waals surface area contributed by atoms with Gasteiger partial charge >= 0.3 is 0 Å². The fourth-order valence-corrected chi connectivity index (χ4v) is 4.46. The summed E-state index contributed by atoms with van der Waals surface area (Å²) in [5, 5.41) is 2.92. The topological polar surface area (TPSA) is 62.3 Å². The molecular formula is C27H26FN3O2. The Labute approximate surface area is 193 Å². The van der Waals surface area contributed by atoms with Crippen LogP contribution in [-0.4, -0.2) is 41.3 Å². The van der Waals surface area contributed by atoms with Crippen LogP contribution >= 0.6 is 0 Å². The van der Waals surface area contributed by atoms with E-state index in [2.05, 4.69) is 16.9 Å². The van der Waals surface area contributed by atoms with Crippen molar-refractivity contribution in [1.29, 1.82) is 0 Å². The number of carbonyl (C=O) groups excluding carboxylic acids is 2. The molecule has 1 saturated heterocycles. The minimum Gasteiger partial charge on any atom is -0.352 e. The molecular weight excluding hydrogens is 417 g/mol. The van der Waals surface area contributed by atoms with Crippen molar-refractivity contribution in [3.05, 3.63) is 103 Å². The summed E-state index contributed by atoms with van der Waals surface area (Å²) in [5.74, 6) is -0.592. The highest BCUT2D eigenvalue weighted by molar-refractivity contribution is 5.95. The zero-order chi connectivity index (χ0) is 23.3. The summed E-state index contributed by atoms with van der Waals surface area (Å²) < 4.78 is 14.6. The first kappa shape index (κ1) is 22.4. The van der Waals surface area contributed by atoms with E-state index in [1.54, 1.807) is 47.5 Å². The second-order valence-electron chi connectivity index (χ2n) is 8.31. The summed E-state index contributed by atoms with van der Waals surface area (Å²) in [6.45, 7) is 4.75. The predicted molar refractivity (Wildman–Crippen MR) is 126 cm³/mol. The minimum absolute atomic E-state index is 0.132. The summed E-state index contributed by atoms with van der Waals surface area (Å²) in [6.07, 6.45) is 5.68. The third-order valence-electron chi connectivity index (χ3n) is 6.15. The van der Waals surface area contributed by atoms with E-state index in [9.17, 15) is 14.0 Å². The molecule has 4 rings (SSSR count). The maximum absolute atomic E-state index is 14.6. The number of rotatable bonds is 7. The quantitative estimate of drug-likeness (QED) is 0.555. The Bertz CT molecular complexity index is 1160. The number of nitrogens with one attached hydrogen (secondary N) is 1. The summed E-state index contributed by atoms with van der Waals surface area (Å²) in [6, 6.07) is 17.6. The van der Waals surface area contributed by atoms with Gasteiger partial charge in [-0.3, -0.25) is 14.6 Å². The Morgan fingerprint density at radius 1 is 1.09 bits per heavy atom. The average Bonchev–Trinajstić information content (AvgIpc) is 3.28. The number of halogens is 1. The number of hydrogen-bond acceptors (Lipinski definition) is 3. The van der Waals surface area contributed by atoms with Gasteiger partial charge in [0.1, 0.15) is 5.82 Å². The lowest BCUT2D eigenvalue weighted by atomic mass is 9.78. The molecule has 0 radical (unpaired) electrons. The first-order chi connectivity index (χ1) is 16.0. The maximum Gasteiger partial charge on any atom is 0.255 e. The van der Waals surface area contributed by atoms with Gasteiger partial charge in [0, 0.05) is 37.6 Å². The Kier molecular flexibility index (Phi) is 6.63. The van der Waals surface area contributed by atoms with Crippen molar-refractivity contribution in [2.75, 3.05) is 19.6 Å². The molecule has 2 amide bonds. The van der Waals surface area contributed by atoms with Crippen molar-refractivity contribution in [3.63, 3.8) is 0 Å². The zero-order valence-corrected chi connectivity index (χ0v) is 18.3. The van der Waals surface area contributed by atoms with Crippen LogP contribution in [-0.2, 0) is 11.2 Å². The first-order valence-electron chi connectivity index (χ1n) is 11.0. The molecule has 1 N–H and O–H groups in total. The van der Waals surface area contributed by atoms with E-state index in [0.717, 1.165) is 11.1 Å². The second-order valence-corrected chi connectivity index (χ2v) is 8.31. The first-order valence-corrected chi connectivity index (χ1v) is 11.0. The highest BCUT2D eigenvalue weighted by atomic mass is 19.1. The van der Waals surface area contributed by atoms with Gasteiger partial charge < -0.3 is 10.2 Å². The number of carbonyl (C=O) groups is 2. The van der Waals surface area contributed by atoms with Gasteiger partial charge in [-0.1, -0.05) is 48.5 Å². The molecule has 168 valence electrons. The number of pyridine rings is 1. The molecule has 1 aromatic heterocycles. The molecule has 5 nitrogen and oxygen atoms in total. The summed E-state index contributed by atoms with van der Waals surface area (Å²) in [5.41, 5.74) is 1.78. The molecule has 0 bridgehead atoms. The molecule has 1 aliphatic rings. The third-order valence-corrected chi connectivity index (χ3v) is 6.15. The minimum atomic E-state index is -0.831. The Morgan fingerprint density at radius 3 is 2.58 bits per heavy atom. The molecule has 0 saturated carbocycles. The van der Waals surface area contributed by atoms with Crippen LogP contribution in [0.2, 0.25) is 0 Å². The molecule has 3 aromatic rings. The smallest absolute Gasteiger partial charge is 0.255 e. The van der Waals surface area contributed by atoms with Crippen molar-refractivity contribution < 1.29 is 14.0 Å². The average molecular weight is 444 g/mol. The fraction of sp³-hybridized carbons (Fsp3) is 0.222. The molecule has 0 unspecified atom stereocenters. The monoisotopic (exact) mass is 443 g/mol. The van der Waals surface area contributed by atoms with Crippen molar-refractivity contribution >= 4 is 11.8 Å². The van der Waals surface area contributed by atoms with Crippen LogP contribution < -0.4 is 5.32 Å². The van der Waals surface area contributed by atoms with E-state index >= 15 is 0 Å². The van der Waals surface area contributed by atoms with E-state index < -0.39 is 5.41 Å². The highest BCUT2D eigenvalue weighted by Crippen LogP contribution is 2.38. The normalized spacial score (nSPS) is 17.5. The van der Waals surface area contributed by atoms with Gasteiger partial charge in [0.2, 0.25) is 5.91 Å². The number of aromatic nitrogens is 1. The Morgan fingerprint density at radius 2 is 1.85 bits per heavy atom. The van der Waals surface area contributed by atoms with Gasteiger partial charge in [-0.05, 0) is 42.2 Å². The zero-order valence-electron chi connectivity index (χ0n) is 18.3. The van der Waals surface area contributed by atoms with Crippen LogP contribution in [0.15, 0.2) is 85.7 Å². The molecule has 2 heterocycles. The van der Waals surface area contributed by atoms with E-state index in [4.69, 9.17) is 0 Å². The number of amides is 2. The largest absolute Gasteiger partial charge is 0.352 e. The van der Waals surface area contributed by atoms with Crippen LogP contribution in [0.4, 0.5) is 4.39 Å². The van der Waals surface area contributed by atoms with Gasteiger partial charge in [-0.25, -0.2) is 4.39 Å². The van der Waals surface area contributed by atoms with Gasteiger partial charge in [0.05, 0.1) is 11.0 Å². The van der Waals surface area contributed by atoms with Gasteiger partial charge in [-0.15, -0.1) is 6.58 Å². The van der Waals surface area contributed by atoms with Crippen LogP contribution in [0.25, 0.3) is 11.1 Å². The standard InChI is InChI=1S/C27H26FN3O2/c1-2-14-30-26(33)27(13-16-31(19-27)25(32)21-9-7-15-29-18-21)17-20-8-3-4-10-22(20)23-11-5-6-12-24(23)28/h2-12,15,18H,1,13-14,16-17,19H2,(H,30,33)/t27-/m1/s1. The predicted octanol–water partition coefficient (Wildman–Crippen LogP) is 4.26. The van der Waals surface area contributed by atoms with Gasteiger partial charge in [-0.2, -0.15) is 0 Å². The molecule has 1 fully saturated rings. The van der Waals surface area contributed by atoms with E-state index in [1.165, 1.54) is 12.3 Å². The van der Waals surface area contributed by atoms with Crippen molar-refractivity contribution in [1.82, 2.24) is 15.2 Å². The lowest BCUT2D eigenvalue weighted by molar-refractivity contribution is -0.130. The van der Waals surface area contributed by atoms with E-state index in [-0.39, 0.29) is 24.2 Å². The van der Waals surface area contributed by atoms with Gasteiger partial charge in [0.15, 0.2) is 0 Å². The Hall–Kier alpha value is -3.80. The lowest BCUT2D eigenvalue weighted by Crippen LogP contribution is -2.45. The molecule has 33 heavy (non-hydrogen) atoms. The van der Waals surface area contributed by atoms with Crippen molar-refractivity contribution in [3.8, 4) is 11.1 Å². The SMILES string of the molecule is C=CCNC(=O)[C@@]1(Cc2ccccc2-c2ccccc2F)CCN(C(=O)c2cccnc2)C1. The number of benzene rings is 2. The maximum atomic E-state index is 14.6. The third kappa shape index (κ3) is 4.70. The van der Waals surface area contributed by atoms with Crippen LogP contribution in [0.3, 0.4) is 0 Å². The summed E-state index contributed by atoms with van der Waals surface area (Å²) in [7, 11) is 0. The highest BCUT2D eigenvalue weighted by Gasteiger charge is 2.46. The lowest BCUT2D eigenvalue weighted by Gasteiger charge is -2.29. The molecule has 6 heteroatoms. The molecule has 2 aromatic carbocycles. The number of likely N-dealkylation sites (tertiary alicyclic amines) is 1. The van der Waals surface area contributed by atoms with Crippen LogP contribution in [0.1, 0.15) is 22.3 Å². The fourth-order valence-electron chi connectivity index (χ4n) is 4.46. The van der Waals surface area contributed by atoms with Crippen molar-refractivity contribution in [2.45, 2.75) is 12.8 Å². The Balaban J connectivity index is 1.67. The second kappa shape index (κ2) is 9.77. The molecule has 0 aliphatic carbocycles. The molecule has 1 aliphatic heterocycles. The summed E-state index contributed by atoms with van der Waals surface area (Å²) in [4.78, 5) is 32.2. The number of nitrogens with zero attached hydrogens (tertiary/aromatic N) is 2. The van der Waals surface area contributed by atoms with Gasteiger partial charge in [0.25, 0.3) is 5.91 Å². The molecule has 1 atom stereocenters. The van der Waals surface area contributed by atoms with Crippen LogP contribution in [0.5, 0.6) is 0 Å². The number of hydrogen-bond donors (Lipinski definition) is 1. The van der Waals surface area contributed by atoms with Crippen LogP contribution in [0, 0.1) is 11.2 Å². The van der Waals surface area contributed by atoms with E-state index in [1.807, 2.05) is 24.3 Å². The van der Waals surface area contributed by atoms with E-state index in [0.29, 0.717) is 37.1 Å². The van der Waals surface area contributed by atoms with Crippen molar-refractivity contribution in [2.24, 2.45) is 5.41 Å².